The number of nitrogens with zero attached hydrogens (tertiary/aromatic N) is 2. The van der Waals surface area contributed by atoms with Gasteiger partial charge in [-0.3, -0.25) is 9.48 Å². The Labute approximate surface area is 183 Å². The average molecular weight is 460 g/mol. The molecule has 1 aromatic heterocycles. The Morgan fingerprint density at radius 1 is 1.26 bits per heavy atom. The van der Waals surface area contributed by atoms with Gasteiger partial charge in [0.25, 0.3) is 0 Å². The lowest BCUT2D eigenvalue weighted by atomic mass is 10.2. The molecule has 1 heterocycles. The zero-order valence-corrected chi connectivity index (χ0v) is 18.3. The van der Waals surface area contributed by atoms with Crippen molar-refractivity contribution < 1.29 is 27.4 Å². The Morgan fingerprint density at radius 3 is 2.48 bits per heavy atom. The lowest BCUT2D eigenvalue weighted by molar-refractivity contribution is -0.141. The number of carbonyl (C=O) groups excluding carboxylic acids is 1. The monoisotopic (exact) mass is 459 g/mol. The Bertz CT molecular complexity index is 942. The van der Waals surface area contributed by atoms with Crippen LogP contribution in [0.15, 0.2) is 18.2 Å². The Morgan fingerprint density at radius 2 is 1.90 bits per heavy atom. The molecule has 1 aliphatic carbocycles. The van der Waals surface area contributed by atoms with E-state index in [1.54, 1.807) is 18.2 Å². The van der Waals surface area contributed by atoms with Crippen molar-refractivity contribution in [3.63, 3.8) is 0 Å². The maximum Gasteiger partial charge on any atom is 0.436 e. The third-order valence-corrected chi connectivity index (χ3v) is 5.31. The number of aromatic nitrogens is 2. The molecule has 170 valence electrons. The normalized spacial score (nSPS) is 14.9. The predicted molar refractivity (Wildman–Crippen MR) is 110 cm³/mol. The maximum atomic E-state index is 13.3. The van der Waals surface area contributed by atoms with Crippen molar-refractivity contribution in [3.05, 3.63) is 40.2 Å². The second kappa shape index (κ2) is 9.38. The first-order valence-electron chi connectivity index (χ1n) is 10.2. The molecule has 1 atom stereocenters. The molecule has 1 saturated carbocycles. The van der Waals surface area contributed by atoms with Gasteiger partial charge in [0, 0.05) is 12.5 Å². The number of carbonyl (C=O) groups is 1. The molecule has 31 heavy (non-hydrogen) atoms. The van der Waals surface area contributed by atoms with Gasteiger partial charge < -0.3 is 14.8 Å². The average Bonchev–Trinajstić information content (AvgIpc) is 3.48. The first-order chi connectivity index (χ1) is 14.7. The summed E-state index contributed by atoms with van der Waals surface area (Å²) in [5.41, 5.74) is -0.107. The summed E-state index contributed by atoms with van der Waals surface area (Å²) < 4.78 is 52.0. The van der Waals surface area contributed by atoms with E-state index in [9.17, 15) is 18.0 Å². The van der Waals surface area contributed by atoms with Gasteiger partial charge in [0.15, 0.2) is 17.2 Å². The largest absolute Gasteiger partial charge is 0.490 e. The molecule has 1 aromatic carbocycles. The summed E-state index contributed by atoms with van der Waals surface area (Å²) in [4.78, 5) is 12.7. The van der Waals surface area contributed by atoms with Crippen LogP contribution in [-0.4, -0.2) is 28.9 Å². The summed E-state index contributed by atoms with van der Waals surface area (Å²) in [5.74, 6) is 0.606. The Balaban J connectivity index is 1.75. The standard InChI is InChI=1S/C21H25ClF3N3O3/c1-4-30-15-9-6-13(10-16(15)31-5-2)11-26-20(29)12(3)28-18(14-7-8-14)17(22)19(27-28)21(23,24)25/h6,9-10,12,14H,4-5,7-8,11H2,1-3H3,(H,26,29). The van der Waals surface area contributed by atoms with Gasteiger partial charge in [-0.15, -0.1) is 0 Å². The van der Waals surface area contributed by atoms with Gasteiger partial charge in [-0.25, -0.2) is 0 Å². The van der Waals surface area contributed by atoms with E-state index < -0.39 is 28.8 Å². The maximum absolute atomic E-state index is 13.3. The summed E-state index contributed by atoms with van der Waals surface area (Å²) in [6.45, 7) is 6.35. The molecular weight excluding hydrogens is 435 g/mol. The number of alkyl halides is 3. The van der Waals surface area contributed by atoms with Gasteiger partial charge in [-0.2, -0.15) is 18.3 Å². The fourth-order valence-corrected chi connectivity index (χ4v) is 3.67. The van der Waals surface area contributed by atoms with E-state index in [0.29, 0.717) is 24.7 Å². The highest BCUT2D eigenvalue weighted by Crippen LogP contribution is 2.47. The smallest absolute Gasteiger partial charge is 0.436 e. The number of nitrogens with one attached hydrogen (secondary N) is 1. The van der Waals surface area contributed by atoms with Crippen LogP contribution in [0.2, 0.25) is 5.02 Å². The van der Waals surface area contributed by atoms with E-state index in [1.807, 2.05) is 13.8 Å². The van der Waals surface area contributed by atoms with Gasteiger partial charge in [-0.1, -0.05) is 17.7 Å². The highest BCUT2D eigenvalue weighted by Gasteiger charge is 2.43. The van der Waals surface area contributed by atoms with Gasteiger partial charge in [0.05, 0.1) is 23.9 Å². The van der Waals surface area contributed by atoms with Crippen LogP contribution < -0.4 is 14.8 Å². The minimum absolute atomic E-state index is 0.105. The summed E-state index contributed by atoms with van der Waals surface area (Å²) >= 11 is 6.00. The number of hydrogen-bond acceptors (Lipinski definition) is 4. The quantitative estimate of drug-likeness (QED) is 0.566. The first-order valence-corrected chi connectivity index (χ1v) is 10.6. The SMILES string of the molecule is CCOc1ccc(CNC(=O)C(C)n2nc(C(F)(F)F)c(Cl)c2C2CC2)cc1OCC. The van der Waals surface area contributed by atoms with E-state index in [0.717, 1.165) is 23.1 Å². The van der Waals surface area contributed by atoms with Gasteiger partial charge in [0.2, 0.25) is 5.91 Å². The van der Waals surface area contributed by atoms with Crippen molar-refractivity contribution in [2.24, 2.45) is 0 Å². The number of amides is 1. The zero-order chi connectivity index (χ0) is 22.8. The molecule has 0 bridgehead atoms. The Kier molecular flexibility index (Phi) is 7.03. The molecule has 1 aliphatic rings. The molecule has 1 fully saturated rings. The van der Waals surface area contributed by atoms with Crippen LogP contribution in [0.25, 0.3) is 0 Å². The number of ether oxygens (including phenoxy) is 2. The first kappa shape index (κ1) is 23.2. The molecular formula is C21H25ClF3N3O3. The minimum Gasteiger partial charge on any atom is -0.490 e. The Hall–Kier alpha value is -2.42. The second-order valence-corrected chi connectivity index (χ2v) is 7.68. The number of benzene rings is 1. The van der Waals surface area contributed by atoms with Gasteiger partial charge >= 0.3 is 6.18 Å². The van der Waals surface area contributed by atoms with Gasteiger partial charge in [-0.05, 0) is 51.3 Å². The molecule has 6 nitrogen and oxygen atoms in total. The highest BCUT2D eigenvalue weighted by atomic mass is 35.5. The molecule has 1 N–H and O–H groups in total. The molecule has 1 unspecified atom stereocenters. The third kappa shape index (κ3) is 5.26. The van der Waals surface area contributed by atoms with Crippen molar-refractivity contribution in [2.75, 3.05) is 13.2 Å². The van der Waals surface area contributed by atoms with Crippen molar-refractivity contribution in [1.29, 1.82) is 0 Å². The molecule has 10 heteroatoms. The van der Waals surface area contributed by atoms with Crippen molar-refractivity contribution in [1.82, 2.24) is 15.1 Å². The summed E-state index contributed by atoms with van der Waals surface area (Å²) in [6.07, 6.45) is -3.23. The second-order valence-electron chi connectivity index (χ2n) is 7.31. The zero-order valence-electron chi connectivity index (χ0n) is 17.6. The summed E-state index contributed by atoms with van der Waals surface area (Å²) in [6, 6.07) is 4.37. The fourth-order valence-electron chi connectivity index (χ4n) is 3.28. The van der Waals surface area contributed by atoms with Crippen LogP contribution in [0, 0.1) is 0 Å². The van der Waals surface area contributed by atoms with Crippen LogP contribution in [0.5, 0.6) is 11.5 Å². The van der Waals surface area contributed by atoms with Crippen molar-refractivity contribution in [2.45, 2.75) is 58.3 Å². The topological polar surface area (TPSA) is 65.4 Å². The van der Waals surface area contributed by atoms with Crippen molar-refractivity contribution >= 4 is 17.5 Å². The summed E-state index contributed by atoms with van der Waals surface area (Å²) in [5, 5.41) is 5.99. The lowest BCUT2D eigenvalue weighted by Gasteiger charge is -2.17. The van der Waals surface area contributed by atoms with Crippen LogP contribution in [-0.2, 0) is 17.5 Å². The summed E-state index contributed by atoms with van der Waals surface area (Å²) in [7, 11) is 0. The number of rotatable bonds is 9. The van der Waals surface area contributed by atoms with E-state index >= 15 is 0 Å². The molecule has 0 saturated heterocycles. The van der Waals surface area contributed by atoms with E-state index in [2.05, 4.69) is 10.4 Å². The lowest BCUT2D eigenvalue weighted by Crippen LogP contribution is -2.32. The molecule has 0 aliphatic heterocycles. The molecule has 0 spiro atoms. The minimum atomic E-state index is -4.68. The van der Waals surface area contributed by atoms with Crippen LogP contribution in [0.4, 0.5) is 13.2 Å². The van der Waals surface area contributed by atoms with Crippen molar-refractivity contribution in [3.8, 4) is 11.5 Å². The van der Waals surface area contributed by atoms with E-state index in [4.69, 9.17) is 21.1 Å². The molecule has 0 radical (unpaired) electrons. The van der Waals surface area contributed by atoms with Crippen LogP contribution in [0.3, 0.4) is 0 Å². The number of hydrogen-bond donors (Lipinski definition) is 1. The third-order valence-electron chi connectivity index (χ3n) is 4.94. The molecule has 1 amide bonds. The number of halogens is 4. The molecule has 3 rings (SSSR count). The predicted octanol–water partition coefficient (Wildman–Crippen LogP) is 5.11. The van der Waals surface area contributed by atoms with Gasteiger partial charge in [0.1, 0.15) is 6.04 Å². The molecule has 2 aromatic rings. The van der Waals surface area contributed by atoms with Crippen LogP contribution >= 0.6 is 11.6 Å². The van der Waals surface area contributed by atoms with Crippen LogP contribution in [0.1, 0.15) is 62.5 Å². The highest BCUT2D eigenvalue weighted by molar-refractivity contribution is 6.32. The fraction of sp³-hybridized carbons (Fsp3) is 0.524. The van der Waals surface area contributed by atoms with E-state index in [1.165, 1.54) is 6.92 Å². The van der Waals surface area contributed by atoms with E-state index in [-0.39, 0.29) is 18.2 Å².